The van der Waals surface area contributed by atoms with E-state index in [1.165, 1.54) is 0 Å². The number of aromatic amines is 1. The van der Waals surface area contributed by atoms with Crippen molar-refractivity contribution in [1.82, 2.24) is 20.1 Å². The summed E-state index contributed by atoms with van der Waals surface area (Å²) in [6.07, 6.45) is 6.05. The number of hydrogen-bond donors (Lipinski definition) is 1. The van der Waals surface area contributed by atoms with Crippen LogP contribution >= 0.6 is 0 Å². The SMILES string of the molecule is CCC(=O)N1CCC(COc2ccc(-c3ccn[nH]3)nc2)CC1. The molecule has 0 unspecified atom stereocenters. The molecule has 1 N–H and O–H groups in total. The molecule has 3 heterocycles. The maximum Gasteiger partial charge on any atom is 0.222 e. The highest BCUT2D eigenvalue weighted by atomic mass is 16.5. The predicted octanol–water partition coefficient (Wildman–Crippen LogP) is 2.50. The number of hydrogen-bond acceptors (Lipinski definition) is 4. The molecule has 2 aromatic rings. The topological polar surface area (TPSA) is 71.1 Å². The first kappa shape index (κ1) is 15.5. The van der Waals surface area contributed by atoms with Crippen LogP contribution in [0.5, 0.6) is 5.75 Å². The summed E-state index contributed by atoms with van der Waals surface area (Å²) in [5.74, 6) is 1.53. The molecule has 0 spiro atoms. The predicted molar refractivity (Wildman–Crippen MR) is 86.9 cm³/mol. The van der Waals surface area contributed by atoms with Gasteiger partial charge in [0.2, 0.25) is 5.91 Å². The van der Waals surface area contributed by atoms with E-state index >= 15 is 0 Å². The van der Waals surface area contributed by atoms with Crippen LogP contribution in [0.15, 0.2) is 30.6 Å². The van der Waals surface area contributed by atoms with Crippen molar-refractivity contribution >= 4 is 5.91 Å². The van der Waals surface area contributed by atoms with Gasteiger partial charge in [0.1, 0.15) is 5.75 Å². The molecule has 6 heteroatoms. The molecule has 23 heavy (non-hydrogen) atoms. The van der Waals surface area contributed by atoms with E-state index in [-0.39, 0.29) is 5.91 Å². The number of carbonyl (C=O) groups excluding carboxylic acids is 1. The van der Waals surface area contributed by atoms with Crippen LogP contribution in [0.1, 0.15) is 26.2 Å². The van der Waals surface area contributed by atoms with Gasteiger partial charge in [-0.25, -0.2) is 0 Å². The van der Waals surface area contributed by atoms with Crippen LogP contribution in [0.2, 0.25) is 0 Å². The van der Waals surface area contributed by atoms with Crippen LogP contribution in [0, 0.1) is 5.92 Å². The van der Waals surface area contributed by atoms with Crippen LogP contribution in [0.4, 0.5) is 0 Å². The number of nitrogens with one attached hydrogen (secondary N) is 1. The molecule has 1 aliphatic heterocycles. The van der Waals surface area contributed by atoms with E-state index < -0.39 is 0 Å². The van der Waals surface area contributed by atoms with E-state index in [1.54, 1.807) is 12.4 Å². The molecule has 1 amide bonds. The largest absolute Gasteiger partial charge is 0.492 e. The Kier molecular flexibility index (Phi) is 4.90. The van der Waals surface area contributed by atoms with Gasteiger partial charge in [-0.2, -0.15) is 5.10 Å². The van der Waals surface area contributed by atoms with E-state index in [0.717, 1.165) is 43.1 Å². The fourth-order valence-electron chi connectivity index (χ4n) is 2.81. The summed E-state index contributed by atoms with van der Waals surface area (Å²) in [4.78, 5) is 18.0. The molecular formula is C17H22N4O2. The van der Waals surface area contributed by atoms with Crippen molar-refractivity contribution in [1.29, 1.82) is 0 Å². The Morgan fingerprint density at radius 2 is 2.17 bits per heavy atom. The molecule has 0 saturated carbocycles. The van der Waals surface area contributed by atoms with E-state index in [9.17, 15) is 4.79 Å². The lowest BCUT2D eigenvalue weighted by atomic mass is 9.97. The third-order valence-electron chi connectivity index (χ3n) is 4.27. The monoisotopic (exact) mass is 314 g/mol. The summed E-state index contributed by atoms with van der Waals surface area (Å²) < 4.78 is 5.85. The van der Waals surface area contributed by atoms with Crippen molar-refractivity contribution in [2.75, 3.05) is 19.7 Å². The third kappa shape index (κ3) is 3.88. The highest BCUT2D eigenvalue weighted by Crippen LogP contribution is 2.21. The number of amides is 1. The zero-order valence-electron chi connectivity index (χ0n) is 13.4. The Labute approximate surface area is 135 Å². The standard InChI is InChI=1S/C17H22N4O2/c1-2-17(22)21-9-6-13(7-10-21)12-23-14-3-4-15(18-11-14)16-5-8-19-20-16/h3-5,8,11,13H,2,6-7,9-10,12H2,1H3,(H,19,20). The van der Waals surface area contributed by atoms with Crippen molar-refractivity contribution in [3.8, 4) is 17.1 Å². The second-order valence-corrected chi connectivity index (χ2v) is 5.84. The van der Waals surface area contributed by atoms with Gasteiger partial charge in [0.15, 0.2) is 0 Å². The maximum absolute atomic E-state index is 11.7. The van der Waals surface area contributed by atoms with Crippen molar-refractivity contribution in [3.63, 3.8) is 0 Å². The van der Waals surface area contributed by atoms with E-state index in [0.29, 0.717) is 18.9 Å². The number of nitrogens with zero attached hydrogens (tertiary/aromatic N) is 3. The minimum absolute atomic E-state index is 0.253. The van der Waals surface area contributed by atoms with Gasteiger partial charge in [-0.05, 0) is 37.0 Å². The number of rotatable bonds is 5. The molecule has 0 bridgehead atoms. The van der Waals surface area contributed by atoms with Crippen LogP contribution in [0.3, 0.4) is 0 Å². The Balaban J connectivity index is 1.47. The average Bonchev–Trinajstić information content (AvgIpc) is 3.15. The lowest BCUT2D eigenvalue weighted by Crippen LogP contribution is -2.39. The number of aromatic nitrogens is 3. The number of H-pyrrole nitrogens is 1. The summed E-state index contributed by atoms with van der Waals surface area (Å²) in [6, 6.07) is 5.73. The molecule has 1 fully saturated rings. The van der Waals surface area contributed by atoms with Gasteiger partial charge in [-0.15, -0.1) is 0 Å². The molecule has 0 atom stereocenters. The summed E-state index contributed by atoms with van der Waals surface area (Å²) in [5, 5.41) is 6.81. The first-order chi connectivity index (χ1) is 11.3. The fraction of sp³-hybridized carbons (Fsp3) is 0.471. The molecule has 1 saturated heterocycles. The van der Waals surface area contributed by atoms with Crippen molar-refractivity contribution in [2.24, 2.45) is 5.92 Å². The van der Waals surface area contributed by atoms with Gasteiger partial charge < -0.3 is 9.64 Å². The summed E-state index contributed by atoms with van der Waals surface area (Å²) in [5.41, 5.74) is 1.74. The zero-order valence-corrected chi connectivity index (χ0v) is 13.4. The normalized spacial score (nSPS) is 15.6. The summed E-state index contributed by atoms with van der Waals surface area (Å²) in [7, 11) is 0. The summed E-state index contributed by atoms with van der Waals surface area (Å²) in [6.45, 7) is 4.28. The lowest BCUT2D eigenvalue weighted by Gasteiger charge is -2.31. The molecule has 2 aromatic heterocycles. The molecule has 1 aliphatic rings. The summed E-state index contributed by atoms with van der Waals surface area (Å²) >= 11 is 0. The fourth-order valence-corrected chi connectivity index (χ4v) is 2.81. The molecule has 0 radical (unpaired) electrons. The molecule has 3 rings (SSSR count). The quantitative estimate of drug-likeness (QED) is 0.920. The second kappa shape index (κ2) is 7.26. The highest BCUT2D eigenvalue weighted by molar-refractivity contribution is 5.75. The van der Waals surface area contributed by atoms with Crippen LogP contribution in [-0.4, -0.2) is 45.7 Å². The van der Waals surface area contributed by atoms with E-state index in [1.807, 2.05) is 30.0 Å². The number of carbonyl (C=O) groups is 1. The average molecular weight is 314 g/mol. The Bertz CT molecular complexity index is 617. The maximum atomic E-state index is 11.7. The van der Waals surface area contributed by atoms with E-state index in [4.69, 9.17) is 4.74 Å². The smallest absolute Gasteiger partial charge is 0.222 e. The molecule has 122 valence electrons. The molecular weight excluding hydrogens is 292 g/mol. The Morgan fingerprint density at radius 3 is 2.78 bits per heavy atom. The molecule has 0 aromatic carbocycles. The molecule has 6 nitrogen and oxygen atoms in total. The van der Waals surface area contributed by atoms with Crippen molar-refractivity contribution in [3.05, 3.63) is 30.6 Å². The number of likely N-dealkylation sites (tertiary alicyclic amines) is 1. The highest BCUT2D eigenvalue weighted by Gasteiger charge is 2.22. The van der Waals surface area contributed by atoms with Crippen LogP contribution in [-0.2, 0) is 4.79 Å². The van der Waals surface area contributed by atoms with Gasteiger partial charge in [0, 0.05) is 25.7 Å². The number of pyridine rings is 1. The van der Waals surface area contributed by atoms with Crippen LogP contribution < -0.4 is 4.74 Å². The van der Waals surface area contributed by atoms with Gasteiger partial charge in [0.25, 0.3) is 0 Å². The van der Waals surface area contributed by atoms with Gasteiger partial charge in [-0.1, -0.05) is 6.92 Å². The minimum Gasteiger partial charge on any atom is -0.492 e. The van der Waals surface area contributed by atoms with Crippen molar-refractivity contribution in [2.45, 2.75) is 26.2 Å². The third-order valence-corrected chi connectivity index (χ3v) is 4.27. The van der Waals surface area contributed by atoms with Gasteiger partial charge in [0.05, 0.1) is 24.2 Å². The zero-order chi connectivity index (χ0) is 16.1. The van der Waals surface area contributed by atoms with Crippen molar-refractivity contribution < 1.29 is 9.53 Å². The minimum atomic E-state index is 0.253. The Hall–Kier alpha value is -2.37. The number of ether oxygens (including phenoxy) is 1. The second-order valence-electron chi connectivity index (χ2n) is 5.84. The van der Waals surface area contributed by atoms with Crippen LogP contribution in [0.25, 0.3) is 11.4 Å². The lowest BCUT2D eigenvalue weighted by molar-refractivity contribution is -0.132. The Morgan fingerprint density at radius 1 is 1.35 bits per heavy atom. The van der Waals surface area contributed by atoms with Gasteiger partial charge in [-0.3, -0.25) is 14.9 Å². The van der Waals surface area contributed by atoms with Gasteiger partial charge >= 0.3 is 0 Å². The van der Waals surface area contributed by atoms with E-state index in [2.05, 4.69) is 15.2 Å². The molecule has 0 aliphatic carbocycles. The number of piperidine rings is 1. The first-order valence-electron chi connectivity index (χ1n) is 8.12. The first-order valence-corrected chi connectivity index (χ1v) is 8.12.